The van der Waals surface area contributed by atoms with Crippen molar-refractivity contribution < 1.29 is 14.7 Å². The molecular weight excluding hydrogens is 256 g/mol. The Morgan fingerprint density at radius 2 is 2.20 bits per heavy atom. The molecule has 0 bridgehead atoms. The Balaban J connectivity index is 1.93. The Hall–Kier alpha value is -2.04. The van der Waals surface area contributed by atoms with Crippen LogP contribution in [0.1, 0.15) is 31.7 Å². The van der Waals surface area contributed by atoms with Gasteiger partial charge in [-0.25, -0.2) is 0 Å². The second-order valence-electron chi connectivity index (χ2n) is 5.15. The van der Waals surface area contributed by atoms with E-state index in [9.17, 15) is 9.59 Å². The Bertz CT molecular complexity index is 477. The molecule has 5 heteroatoms. The van der Waals surface area contributed by atoms with E-state index in [0.29, 0.717) is 12.8 Å². The first kappa shape index (κ1) is 14.4. The fourth-order valence-corrected chi connectivity index (χ4v) is 2.54. The van der Waals surface area contributed by atoms with Crippen molar-refractivity contribution in [1.82, 2.24) is 5.32 Å². The average molecular weight is 276 g/mol. The first-order valence-electron chi connectivity index (χ1n) is 6.96. The minimum absolute atomic E-state index is 0.0285. The summed E-state index contributed by atoms with van der Waals surface area (Å²) < 4.78 is 0. The molecule has 1 amide bonds. The maximum absolute atomic E-state index is 12.2. The number of carboxylic acid groups (broad SMARTS) is 1. The van der Waals surface area contributed by atoms with Crippen molar-refractivity contribution >= 4 is 17.6 Å². The summed E-state index contributed by atoms with van der Waals surface area (Å²) in [5.41, 5.74) is 2.11. The molecule has 0 aliphatic carbocycles. The Morgan fingerprint density at radius 1 is 1.45 bits per heavy atom. The fourth-order valence-electron chi connectivity index (χ4n) is 2.54. The predicted molar refractivity (Wildman–Crippen MR) is 76.6 cm³/mol. The number of hydrogen-bond donors (Lipinski definition) is 3. The summed E-state index contributed by atoms with van der Waals surface area (Å²) >= 11 is 0. The van der Waals surface area contributed by atoms with Crippen molar-refractivity contribution in [3.63, 3.8) is 0 Å². The van der Waals surface area contributed by atoms with Crippen molar-refractivity contribution in [2.75, 3.05) is 5.32 Å². The molecule has 2 rings (SSSR count). The molecule has 0 saturated carbocycles. The number of carbonyl (C=O) groups excluding carboxylic acids is 1. The Kier molecular flexibility index (Phi) is 4.61. The van der Waals surface area contributed by atoms with Crippen LogP contribution in [-0.2, 0) is 16.0 Å². The molecule has 0 radical (unpaired) electrons. The summed E-state index contributed by atoms with van der Waals surface area (Å²) in [4.78, 5) is 23.0. The average Bonchev–Trinajstić information content (AvgIpc) is 2.82. The highest BCUT2D eigenvalue weighted by atomic mass is 16.4. The number of nitrogens with one attached hydrogen (secondary N) is 2. The van der Waals surface area contributed by atoms with E-state index in [0.717, 1.165) is 17.7 Å². The molecule has 1 aromatic carbocycles. The van der Waals surface area contributed by atoms with Gasteiger partial charge >= 0.3 is 5.97 Å². The van der Waals surface area contributed by atoms with Crippen molar-refractivity contribution in [3.05, 3.63) is 29.8 Å². The molecule has 0 spiro atoms. The van der Waals surface area contributed by atoms with Gasteiger partial charge in [-0.15, -0.1) is 0 Å². The molecule has 0 saturated heterocycles. The number of anilines is 1. The van der Waals surface area contributed by atoms with E-state index in [-0.39, 0.29) is 24.4 Å². The SMILES string of the molecule is CCCC(CC(=O)O)NC(=O)C1Cc2ccccc2N1. The molecule has 1 aliphatic heterocycles. The number of aliphatic carboxylic acids is 1. The zero-order valence-electron chi connectivity index (χ0n) is 11.6. The number of fused-ring (bicyclic) bond motifs is 1. The monoisotopic (exact) mass is 276 g/mol. The van der Waals surface area contributed by atoms with E-state index in [2.05, 4.69) is 10.6 Å². The lowest BCUT2D eigenvalue weighted by molar-refractivity contribution is -0.137. The maximum atomic E-state index is 12.2. The number of para-hydroxylation sites is 1. The van der Waals surface area contributed by atoms with Gasteiger partial charge in [-0.3, -0.25) is 9.59 Å². The highest BCUT2D eigenvalue weighted by molar-refractivity contribution is 5.87. The van der Waals surface area contributed by atoms with Crippen LogP contribution >= 0.6 is 0 Å². The number of rotatable bonds is 6. The van der Waals surface area contributed by atoms with Crippen LogP contribution in [-0.4, -0.2) is 29.1 Å². The van der Waals surface area contributed by atoms with Gasteiger partial charge in [0, 0.05) is 18.2 Å². The summed E-state index contributed by atoms with van der Waals surface area (Å²) in [6, 6.07) is 7.22. The molecule has 108 valence electrons. The van der Waals surface area contributed by atoms with Crippen LogP contribution in [0, 0.1) is 0 Å². The molecule has 1 aromatic rings. The molecule has 20 heavy (non-hydrogen) atoms. The van der Waals surface area contributed by atoms with E-state index in [1.54, 1.807) is 0 Å². The predicted octanol–water partition coefficient (Wildman–Crippen LogP) is 1.78. The van der Waals surface area contributed by atoms with Crippen molar-refractivity contribution in [3.8, 4) is 0 Å². The van der Waals surface area contributed by atoms with Gasteiger partial charge in [-0.2, -0.15) is 0 Å². The standard InChI is InChI=1S/C15H20N2O3/c1-2-5-11(9-14(18)19)16-15(20)13-8-10-6-3-4-7-12(10)17-13/h3-4,6-7,11,13,17H,2,5,8-9H2,1H3,(H,16,20)(H,18,19). The van der Waals surface area contributed by atoms with Crippen LogP contribution in [0.5, 0.6) is 0 Å². The van der Waals surface area contributed by atoms with E-state index < -0.39 is 5.97 Å². The first-order valence-corrected chi connectivity index (χ1v) is 6.96. The van der Waals surface area contributed by atoms with Gasteiger partial charge < -0.3 is 15.7 Å². The summed E-state index contributed by atoms with van der Waals surface area (Å²) in [6.07, 6.45) is 2.14. The number of hydrogen-bond acceptors (Lipinski definition) is 3. The molecule has 5 nitrogen and oxygen atoms in total. The summed E-state index contributed by atoms with van der Waals surface area (Å²) in [6.45, 7) is 1.98. The van der Waals surface area contributed by atoms with Gasteiger partial charge in [0.05, 0.1) is 6.42 Å². The molecule has 0 aromatic heterocycles. The van der Waals surface area contributed by atoms with E-state index in [1.165, 1.54) is 0 Å². The summed E-state index contributed by atoms with van der Waals surface area (Å²) in [5, 5.41) is 14.9. The number of carbonyl (C=O) groups is 2. The zero-order valence-corrected chi connectivity index (χ0v) is 11.6. The van der Waals surface area contributed by atoms with Gasteiger partial charge in [-0.1, -0.05) is 31.5 Å². The minimum atomic E-state index is -0.883. The lowest BCUT2D eigenvalue weighted by Crippen LogP contribution is -2.44. The minimum Gasteiger partial charge on any atom is -0.481 e. The third kappa shape index (κ3) is 3.50. The van der Waals surface area contributed by atoms with Gasteiger partial charge in [0.25, 0.3) is 0 Å². The highest BCUT2D eigenvalue weighted by Crippen LogP contribution is 2.25. The molecular formula is C15H20N2O3. The molecule has 3 N–H and O–H groups in total. The number of carboxylic acids is 1. The Morgan fingerprint density at radius 3 is 2.85 bits per heavy atom. The number of benzene rings is 1. The van der Waals surface area contributed by atoms with Crippen LogP contribution < -0.4 is 10.6 Å². The highest BCUT2D eigenvalue weighted by Gasteiger charge is 2.28. The second-order valence-corrected chi connectivity index (χ2v) is 5.15. The van der Waals surface area contributed by atoms with Gasteiger partial charge in [0.1, 0.15) is 6.04 Å². The maximum Gasteiger partial charge on any atom is 0.305 e. The smallest absolute Gasteiger partial charge is 0.305 e. The van der Waals surface area contributed by atoms with Crippen molar-refractivity contribution in [2.24, 2.45) is 0 Å². The molecule has 0 fully saturated rings. The molecule has 1 heterocycles. The second kappa shape index (κ2) is 6.41. The third-order valence-electron chi connectivity index (χ3n) is 3.49. The van der Waals surface area contributed by atoms with Crippen LogP contribution in [0.25, 0.3) is 0 Å². The third-order valence-corrected chi connectivity index (χ3v) is 3.49. The van der Waals surface area contributed by atoms with E-state index in [4.69, 9.17) is 5.11 Å². The van der Waals surface area contributed by atoms with Crippen molar-refractivity contribution in [1.29, 1.82) is 0 Å². The number of amides is 1. The topological polar surface area (TPSA) is 78.4 Å². The van der Waals surface area contributed by atoms with Crippen molar-refractivity contribution in [2.45, 2.75) is 44.7 Å². The molecule has 2 unspecified atom stereocenters. The molecule has 2 atom stereocenters. The van der Waals surface area contributed by atoms with Gasteiger partial charge in [0.2, 0.25) is 5.91 Å². The normalized spacial score (nSPS) is 17.9. The van der Waals surface area contributed by atoms with Gasteiger partial charge in [-0.05, 0) is 18.1 Å². The largest absolute Gasteiger partial charge is 0.481 e. The zero-order chi connectivity index (χ0) is 14.5. The van der Waals surface area contributed by atoms with E-state index >= 15 is 0 Å². The lowest BCUT2D eigenvalue weighted by atomic mass is 10.1. The van der Waals surface area contributed by atoms with E-state index in [1.807, 2.05) is 31.2 Å². The lowest BCUT2D eigenvalue weighted by Gasteiger charge is -2.19. The summed E-state index contributed by atoms with van der Waals surface area (Å²) in [7, 11) is 0. The quantitative estimate of drug-likeness (QED) is 0.740. The van der Waals surface area contributed by atoms with Crippen LogP contribution in [0.2, 0.25) is 0 Å². The fraction of sp³-hybridized carbons (Fsp3) is 0.467. The van der Waals surface area contributed by atoms with Crippen LogP contribution in [0.3, 0.4) is 0 Å². The summed E-state index contributed by atoms with van der Waals surface area (Å²) in [5.74, 6) is -1.01. The van der Waals surface area contributed by atoms with Crippen LogP contribution in [0.15, 0.2) is 24.3 Å². The molecule has 1 aliphatic rings. The van der Waals surface area contributed by atoms with Crippen LogP contribution in [0.4, 0.5) is 5.69 Å². The first-order chi connectivity index (χ1) is 9.60. The van der Waals surface area contributed by atoms with Gasteiger partial charge in [0.15, 0.2) is 0 Å². The Labute approximate surface area is 118 Å².